The van der Waals surface area contributed by atoms with Crippen molar-refractivity contribution in [1.29, 1.82) is 0 Å². The molecule has 2 amide bonds. The molecule has 0 heterocycles. The molecular formula is C27H35F3N2O6. The lowest BCUT2D eigenvalue weighted by atomic mass is 10.1. The molecule has 11 heteroatoms. The molecule has 0 aliphatic carbocycles. The van der Waals surface area contributed by atoms with E-state index < -0.39 is 30.7 Å². The van der Waals surface area contributed by atoms with Gasteiger partial charge in [-0.2, -0.15) is 13.2 Å². The normalized spacial score (nSPS) is 12.0. The van der Waals surface area contributed by atoms with E-state index in [1.165, 1.54) is 12.0 Å². The summed E-state index contributed by atoms with van der Waals surface area (Å²) in [6.07, 6.45) is -4.99. The fourth-order valence-electron chi connectivity index (χ4n) is 3.65. The van der Waals surface area contributed by atoms with Crippen molar-refractivity contribution in [2.75, 3.05) is 38.7 Å². The van der Waals surface area contributed by atoms with Crippen molar-refractivity contribution in [3.63, 3.8) is 0 Å². The number of hydrogen-bond acceptors (Lipinski definition) is 5. The SMILES string of the molecule is CCOC(Cc1ccc(OCCN(CCCCCC(F)(F)F)C(=O)Nc2cccc(OC)c2)cc1)C(=O)O. The zero-order valence-corrected chi connectivity index (χ0v) is 21.6. The standard InChI is InChI=1S/C27H35F3N2O6/c1-3-37-24(25(33)34)18-20-10-12-22(13-11-20)38-17-16-32(15-6-4-5-14-27(28,29)30)26(35)31-21-8-7-9-23(19-21)36-2/h7-13,19,24H,3-6,14-18H2,1-2H3,(H,31,35)(H,33,34). The fourth-order valence-corrected chi connectivity index (χ4v) is 3.65. The van der Waals surface area contributed by atoms with Gasteiger partial charge in [-0.05, 0) is 49.6 Å². The maximum atomic E-state index is 12.9. The average molecular weight is 541 g/mol. The van der Waals surface area contributed by atoms with Crippen molar-refractivity contribution in [2.45, 2.75) is 51.3 Å². The number of halogens is 3. The first-order chi connectivity index (χ1) is 18.1. The molecule has 8 nitrogen and oxygen atoms in total. The fraction of sp³-hybridized carbons (Fsp3) is 0.481. The molecule has 2 N–H and O–H groups in total. The molecule has 2 aromatic rings. The monoisotopic (exact) mass is 540 g/mol. The molecule has 0 aromatic heterocycles. The summed E-state index contributed by atoms with van der Waals surface area (Å²) >= 11 is 0. The average Bonchev–Trinajstić information content (AvgIpc) is 2.87. The summed E-state index contributed by atoms with van der Waals surface area (Å²) < 4.78 is 53.4. The predicted octanol–water partition coefficient (Wildman–Crippen LogP) is 5.76. The highest BCUT2D eigenvalue weighted by Gasteiger charge is 2.26. The van der Waals surface area contributed by atoms with Crippen LogP contribution in [0.5, 0.6) is 11.5 Å². The van der Waals surface area contributed by atoms with Gasteiger partial charge in [-0.25, -0.2) is 9.59 Å². The molecular weight excluding hydrogens is 505 g/mol. The Morgan fingerprint density at radius 1 is 1.03 bits per heavy atom. The van der Waals surface area contributed by atoms with Crippen molar-refractivity contribution in [2.24, 2.45) is 0 Å². The number of anilines is 1. The quantitative estimate of drug-likeness (QED) is 0.263. The van der Waals surface area contributed by atoms with Crippen LogP contribution >= 0.6 is 0 Å². The van der Waals surface area contributed by atoms with Crippen LogP contribution in [0.1, 0.15) is 38.2 Å². The number of carboxylic acids is 1. The second kappa shape index (κ2) is 15.7. The molecule has 1 atom stereocenters. The molecule has 0 spiro atoms. The number of aliphatic carboxylic acids is 1. The molecule has 38 heavy (non-hydrogen) atoms. The zero-order chi connectivity index (χ0) is 28.0. The molecule has 210 valence electrons. The van der Waals surface area contributed by atoms with E-state index in [4.69, 9.17) is 14.2 Å². The molecule has 2 rings (SSSR count). The minimum absolute atomic E-state index is 0.00369. The lowest BCUT2D eigenvalue weighted by Crippen LogP contribution is -2.38. The van der Waals surface area contributed by atoms with E-state index in [-0.39, 0.29) is 32.5 Å². The molecule has 0 bridgehead atoms. The molecule has 0 radical (unpaired) electrons. The number of carbonyl (C=O) groups excluding carboxylic acids is 1. The maximum absolute atomic E-state index is 12.9. The molecule has 0 saturated heterocycles. The Kier molecular flexibility index (Phi) is 12.7. The largest absolute Gasteiger partial charge is 0.497 e. The van der Waals surface area contributed by atoms with E-state index in [9.17, 15) is 27.9 Å². The number of urea groups is 1. The summed E-state index contributed by atoms with van der Waals surface area (Å²) in [6, 6.07) is 13.4. The van der Waals surface area contributed by atoms with Gasteiger partial charge >= 0.3 is 18.2 Å². The van der Waals surface area contributed by atoms with Gasteiger partial charge in [-0.15, -0.1) is 0 Å². The van der Waals surface area contributed by atoms with Crippen LogP contribution in [0.25, 0.3) is 0 Å². The number of nitrogens with one attached hydrogen (secondary N) is 1. The van der Waals surface area contributed by atoms with Crippen LogP contribution in [-0.2, 0) is 16.0 Å². The van der Waals surface area contributed by atoms with E-state index in [1.54, 1.807) is 55.5 Å². The van der Waals surface area contributed by atoms with Crippen molar-refractivity contribution in [3.05, 3.63) is 54.1 Å². The lowest BCUT2D eigenvalue weighted by molar-refractivity contribution is -0.150. The van der Waals surface area contributed by atoms with E-state index in [2.05, 4.69) is 5.32 Å². The van der Waals surface area contributed by atoms with Crippen LogP contribution in [0.3, 0.4) is 0 Å². The number of benzene rings is 2. The van der Waals surface area contributed by atoms with Crippen molar-refractivity contribution in [3.8, 4) is 11.5 Å². The summed E-state index contributed by atoms with van der Waals surface area (Å²) in [4.78, 5) is 25.7. The van der Waals surface area contributed by atoms with Crippen LogP contribution in [-0.4, -0.2) is 67.7 Å². The van der Waals surface area contributed by atoms with E-state index in [0.29, 0.717) is 36.6 Å². The Morgan fingerprint density at radius 2 is 1.76 bits per heavy atom. The number of carboxylic acid groups (broad SMARTS) is 1. The van der Waals surface area contributed by atoms with Gasteiger partial charge in [0.05, 0.1) is 13.7 Å². The van der Waals surface area contributed by atoms with Gasteiger partial charge in [0, 0.05) is 37.7 Å². The van der Waals surface area contributed by atoms with Crippen LogP contribution < -0.4 is 14.8 Å². The van der Waals surface area contributed by atoms with E-state index in [1.807, 2.05) is 0 Å². The molecule has 0 aliphatic heterocycles. The van der Waals surface area contributed by atoms with Crippen LogP contribution in [0.2, 0.25) is 0 Å². The van der Waals surface area contributed by atoms with Gasteiger partial charge in [0.2, 0.25) is 0 Å². The van der Waals surface area contributed by atoms with Gasteiger partial charge in [0.15, 0.2) is 6.10 Å². The van der Waals surface area contributed by atoms with Gasteiger partial charge in [0.25, 0.3) is 0 Å². The number of rotatable bonds is 16. The number of hydrogen-bond donors (Lipinski definition) is 2. The third-order valence-electron chi connectivity index (χ3n) is 5.61. The first kappa shape index (κ1) is 30.8. The van der Waals surface area contributed by atoms with E-state index >= 15 is 0 Å². The number of methoxy groups -OCH3 is 1. The van der Waals surface area contributed by atoms with Gasteiger partial charge < -0.3 is 29.5 Å². The zero-order valence-electron chi connectivity index (χ0n) is 21.6. The first-order valence-electron chi connectivity index (χ1n) is 12.4. The number of alkyl halides is 3. The summed E-state index contributed by atoms with van der Waals surface area (Å²) in [5, 5.41) is 12.0. The van der Waals surface area contributed by atoms with Gasteiger partial charge in [-0.1, -0.05) is 24.6 Å². The Bertz CT molecular complexity index is 1000. The third-order valence-corrected chi connectivity index (χ3v) is 5.61. The van der Waals surface area contributed by atoms with Crippen molar-refractivity contribution < 1.29 is 42.1 Å². The Morgan fingerprint density at radius 3 is 2.39 bits per heavy atom. The van der Waals surface area contributed by atoms with Crippen LogP contribution in [0.4, 0.5) is 23.7 Å². The third kappa shape index (κ3) is 11.7. The highest BCUT2D eigenvalue weighted by molar-refractivity contribution is 5.89. The molecule has 1 unspecified atom stereocenters. The van der Waals surface area contributed by atoms with E-state index in [0.717, 1.165) is 5.56 Å². The summed E-state index contributed by atoms with van der Waals surface area (Å²) in [5.74, 6) is 0.0810. The molecule has 0 fully saturated rings. The molecule has 0 saturated carbocycles. The highest BCUT2D eigenvalue weighted by Crippen LogP contribution is 2.23. The molecule has 0 aliphatic rings. The number of amides is 2. The highest BCUT2D eigenvalue weighted by atomic mass is 19.4. The maximum Gasteiger partial charge on any atom is 0.389 e. The summed E-state index contributed by atoms with van der Waals surface area (Å²) in [5.41, 5.74) is 1.30. The number of carbonyl (C=O) groups is 2. The number of ether oxygens (including phenoxy) is 3. The minimum atomic E-state index is -4.19. The summed E-state index contributed by atoms with van der Waals surface area (Å²) in [7, 11) is 1.52. The topological polar surface area (TPSA) is 97.3 Å². The summed E-state index contributed by atoms with van der Waals surface area (Å²) in [6.45, 7) is 2.66. The Hall–Kier alpha value is -3.47. The van der Waals surface area contributed by atoms with Gasteiger partial charge in [-0.3, -0.25) is 0 Å². The Balaban J connectivity index is 1.93. The predicted molar refractivity (Wildman–Crippen MR) is 137 cm³/mol. The minimum Gasteiger partial charge on any atom is -0.497 e. The van der Waals surface area contributed by atoms with Crippen LogP contribution in [0, 0.1) is 0 Å². The van der Waals surface area contributed by atoms with Crippen LogP contribution in [0.15, 0.2) is 48.5 Å². The van der Waals surface area contributed by atoms with Crippen molar-refractivity contribution >= 4 is 17.7 Å². The number of nitrogens with zero attached hydrogens (tertiary/aromatic N) is 1. The second-order valence-electron chi connectivity index (χ2n) is 8.55. The number of unbranched alkanes of at least 4 members (excludes halogenated alkanes) is 2. The van der Waals surface area contributed by atoms with Gasteiger partial charge in [0.1, 0.15) is 18.1 Å². The smallest absolute Gasteiger partial charge is 0.389 e. The second-order valence-corrected chi connectivity index (χ2v) is 8.55. The first-order valence-corrected chi connectivity index (χ1v) is 12.4. The molecule has 2 aromatic carbocycles. The Labute approximate surface area is 220 Å². The van der Waals surface area contributed by atoms with Crippen molar-refractivity contribution in [1.82, 2.24) is 4.90 Å². The lowest BCUT2D eigenvalue weighted by Gasteiger charge is -2.23.